The van der Waals surface area contributed by atoms with E-state index >= 15 is 0 Å². The van der Waals surface area contributed by atoms with Crippen molar-refractivity contribution in [3.8, 4) is 11.3 Å². The van der Waals surface area contributed by atoms with Crippen LogP contribution in [0.3, 0.4) is 0 Å². The van der Waals surface area contributed by atoms with Crippen molar-refractivity contribution in [2.45, 2.75) is 68.2 Å². The summed E-state index contributed by atoms with van der Waals surface area (Å²) in [7, 11) is 0. The van der Waals surface area contributed by atoms with E-state index in [0.29, 0.717) is 10.1 Å². The molecule has 5 heterocycles. The third-order valence-electron chi connectivity index (χ3n) is 9.38. The summed E-state index contributed by atoms with van der Waals surface area (Å²) >= 11 is 4.22. The first-order valence-electron chi connectivity index (χ1n) is 15.6. The topological polar surface area (TPSA) is 116 Å². The van der Waals surface area contributed by atoms with Gasteiger partial charge < -0.3 is 25.9 Å². The Morgan fingerprint density at radius 3 is 2.40 bits per heavy atom. The molecular weight excluding hydrogens is 575 g/mol. The lowest BCUT2D eigenvalue weighted by molar-refractivity contribution is -0.134. The van der Waals surface area contributed by atoms with Gasteiger partial charge in [0.1, 0.15) is 11.6 Å². The van der Waals surface area contributed by atoms with Gasteiger partial charge in [0.15, 0.2) is 0 Å². The maximum absolute atomic E-state index is 13.0. The molecule has 1 aliphatic carbocycles. The Morgan fingerprint density at radius 1 is 0.977 bits per heavy atom. The fourth-order valence-electron chi connectivity index (χ4n) is 6.73. The number of likely N-dealkylation sites (tertiary alicyclic amines) is 1. The van der Waals surface area contributed by atoms with Gasteiger partial charge in [-0.2, -0.15) is 0 Å². The van der Waals surface area contributed by atoms with Crippen LogP contribution < -0.4 is 11.1 Å². The van der Waals surface area contributed by atoms with E-state index in [0.717, 1.165) is 73.8 Å². The van der Waals surface area contributed by atoms with Crippen molar-refractivity contribution in [3.63, 3.8) is 0 Å². The van der Waals surface area contributed by atoms with Crippen LogP contribution in [0, 0.1) is 5.92 Å². The summed E-state index contributed by atoms with van der Waals surface area (Å²) in [6.07, 6.45) is 13.4. The number of hydrogen-bond acceptors (Lipinski definition) is 7. The van der Waals surface area contributed by atoms with Crippen molar-refractivity contribution in [2.24, 2.45) is 11.7 Å². The second-order valence-electron chi connectivity index (χ2n) is 12.5. The summed E-state index contributed by atoms with van der Waals surface area (Å²) in [6.45, 7) is 5.78. The molecule has 8 nitrogen and oxygen atoms in total. The van der Waals surface area contributed by atoms with Gasteiger partial charge in [0.25, 0.3) is 0 Å². The van der Waals surface area contributed by atoms with E-state index in [9.17, 15) is 4.79 Å². The monoisotopic (exact) mass is 615 g/mol. The minimum absolute atomic E-state index is 0.0205. The quantitative estimate of drug-likeness (QED) is 0.261. The van der Waals surface area contributed by atoms with Crippen molar-refractivity contribution in [1.29, 1.82) is 0 Å². The Bertz CT molecular complexity index is 1530. The van der Waals surface area contributed by atoms with Crippen LogP contribution >= 0.6 is 23.5 Å². The van der Waals surface area contributed by atoms with Crippen LogP contribution in [0.4, 0.5) is 0 Å². The minimum atomic E-state index is -0.475. The van der Waals surface area contributed by atoms with Crippen molar-refractivity contribution < 1.29 is 4.79 Å². The average Bonchev–Trinajstić information content (AvgIpc) is 3.88. The molecule has 1 spiro atoms. The second kappa shape index (κ2) is 12.0. The van der Waals surface area contributed by atoms with Gasteiger partial charge in [-0.15, -0.1) is 23.5 Å². The molecule has 5 N–H and O–H groups in total. The second-order valence-corrected chi connectivity index (χ2v) is 15.7. The molecule has 3 fully saturated rings. The maximum atomic E-state index is 13.0. The van der Waals surface area contributed by atoms with Gasteiger partial charge in [0, 0.05) is 24.6 Å². The van der Waals surface area contributed by atoms with Gasteiger partial charge in [0.05, 0.1) is 46.0 Å². The highest BCUT2D eigenvalue weighted by atomic mass is 32.2. The number of amides is 1. The normalized spacial score (nSPS) is 24.1. The largest absolute Gasteiger partial charge is 0.341 e. The number of rotatable bonds is 7. The van der Waals surface area contributed by atoms with E-state index in [1.165, 1.54) is 28.2 Å². The van der Waals surface area contributed by atoms with E-state index in [-0.39, 0.29) is 17.9 Å². The maximum Gasteiger partial charge on any atom is 0.240 e. The molecule has 3 saturated heterocycles. The fourth-order valence-corrected chi connectivity index (χ4v) is 9.92. The van der Waals surface area contributed by atoms with Crippen molar-refractivity contribution in [1.82, 2.24) is 30.2 Å². The number of nitrogens with zero attached hydrogens (tertiary/aromatic N) is 3. The number of aromatic nitrogens is 4. The predicted molar refractivity (Wildman–Crippen MR) is 177 cm³/mol. The molecule has 3 unspecified atom stereocenters. The standard InChI is InChI=1S/C33H41N7OS2/c1-20(2)29(34)32(41)40-13-3-4-28(40)31-36-18-27(39-31)24-11-7-22(8-12-24)21-5-9-23(10-6-21)26-17-35-30(38-26)25-16-33(19-37-25)42-14-15-43-33/h5,7-9,11-12,17-18,20,25,28-29,37H,3-4,6,10,13-16,19,34H2,1-2H3,(H,35,38)(H,36,39). The SMILES string of the molecule is CC(C)C(N)C(=O)N1CCCC1c1ncc(-c2ccc(C3=CC=C(c4cnc(C5CC6(CN5)SCCS6)[nH]4)CC3)cc2)[nH]1. The average molecular weight is 616 g/mol. The van der Waals surface area contributed by atoms with Crippen LogP contribution in [0.2, 0.25) is 0 Å². The number of nitrogens with two attached hydrogens (primary N) is 1. The number of H-pyrrole nitrogens is 2. The number of allylic oxidation sites excluding steroid dienone is 4. The first-order chi connectivity index (χ1) is 20.9. The number of benzene rings is 1. The molecular formula is C33H41N7OS2. The smallest absolute Gasteiger partial charge is 0.240 e. The first-order valence-corrected chi connectivity index (χ1v) is 17.5. The van der Waals surface area contributed by atoms with Crippen LogP contribution in [0.25, 0.3) is 22.4 Å². The summed E-state index contributed by atoms with van der Waals surface area (Å²) < 4.78 is 0.341. The molecule has 4 aliphatic rings. The first kappa shape index (κ1) is 29.0. The van der Waals surface area contributed by atoms with Crippen LogP contribution in [0.5, 0.6) is 0 Å². The molecule has 0 saturated carbocycles. The number of carbonyl (C=O) groups is 1. The number of carbonyl (C=O) groups excluding carboxylic acids is 1. The van der Waals surface area contributed by atoms with Gasteiger partial charge in [-0.3, -0.25) is 4.79 Å². The number of nitrogens with one attached hydrogen (secondary N) is 3. The van der Waals surface area contributed by atoms with Crippen molar-refractivity contribution in [3.05, 3.63) is 71.7 Å². The Labute approximate surface area is 262 Å². The highest BCUT2D eigenvalue weighted by Crippen LogP contribution is 2.51. The molecule has 0 radical (unpaired) electrons. The molecule has 3 aliphatic heterocycles. The Balaban J connectivity index is 1.00. The zero-order valence-electron chi connectivity index (χ0n) is 24.9. The number of imidazole rings is 2. The third-order valence-corrected chi connectivity index (χ3v) is 12.8. The Kier molecular flexibility index (Phi) is 8.05. The summed E-state index contributed by atoms with van der Waals surface area (Å²) in [4.78, 5) is 31.5. The molecule has 1 amide bonds. The molecule has 1 aromatic carbocycles. The van der Waals surface area contributed by atoms with Gasteiger partial charge in [0.2, 0.25) is 5.91 Å². The van der Waals surface area contributed by atoms with E-state index < -0.39 is 6.04 Å². The Morgan fingerprint density at radius 2 is 1.65 bits per heavy atom. The molecule has 7 rings (SSSR count). The van der Waals surface area contributed by atoms with E-state index in [1.807, 2.05) is 31.1 Å². The van der Waals surface area contributed by atoms with Crippen LogP contribution in [-0.2, 0) is 4.79 Å². The van der Waals surface area contributed by atoms with Crippen LogP contribution in [0.15, 0.2) is 48.8 Å². The molecule has 3 atom stereocenters. The molecule has 0 bridgehead atoms. The lowest BCUT2D eigenvalue weighted by Gasteiger charge is -2.27. The van der Waals surface area contributed by atoms with Crippen molar-refractivity contribution >= 4 is 40.6 Å². The number of thioether (sulfide) groups is 2. The van der Waals surface area contributed by atoms with Gasteiger partial charge in [-0.25, -0.2) is 9.97 Å². The molecule has 3 aromatic rings. The fraction of sp³-hybridized carbons (Fsp3) is 0.485. The third kappa shape index (κ3) is 5.75. The molecule has 43 heavy (non-hydrogen) atoms. The van der Waals surface area contributed by atoms with E-state index in [1.54, 1.807) is 0 Å². The lowest BCUT2D eigenvalue weighted by atomic mass is 9.91. The summed E-state index contributed by atoms with van der Waals surface area (Å²) in [6, 6.07) is 8.50. The number of aromatic amines is 2. The van der Waals surface area contributed by atoms with Gasteiger partial charge in [-0.05, 0) is 60.3 Å². The lowest BCUT2D eigenvalue weighted by Crippen LogP contribution is -2.46. The van der Waals surface area contributed by atoms with Crippen LogP contribution in [-0.4, -0.2) is 65.5 Å². The van der Waals surface area contributed by atoms with E-state index in [2.05, 4.69) is 80.2 Å². The van der Waals surface area contributed by atoms with Crippen molar-refractivity contribution in [2.75, 3.05) is 24.6 Å². The summed E-state index contributed by atoms with van der Waals surface area (Å²) in [5.74, 6) is 4.56. The number of hydrogen-bond donors (Lipinski definition) is 4. The highest BCUT2D eigenvalue weighted by molar-refractivity contribution is 8.21. The zero-order chi connectivity index (χ0) is 29.6. The molecule has 226 valence electrons. The predicted octanol–water partition coefficient (Wildman–Crippen LogP) is 5.92. The van der Waals surface area contributed by atoms with Crippen LogP contribution in [0.1, 0.15) is 80.9 Å². The summed E-state index contributed by atoms with van der Waals surface area (Å²) in [5, 5.41) is 3.70. The molecule has 2 aromatic heterocycles. The van der Waals surface area contributed by atoms with E-state index in [4.69, 9.17) is 10.7 Å². The van der Waals surface area contributed by atoms with Gasteiger partial charge >= 0.3 is 0 Å². The molecule has 10 heteroatoms. The minimum Gasteiger partial charge on any atom is -0.341 e. The van der Waals surface area contributed by atoms with Gasteiger partial charge in [-0.1, -0.05) is 50.3 Å². The zero-order valence-corrected chi connectivity index (χ0v) is 26.6. The Hall–Kier alpha value is -2.79. The highest BCUT2D eigenvalue weighted by Gasteiger charge is 2.44. The summed E-state index contributed by atoms with van der Waals surface area (Å²) in [5.41, 5.74) is 13.3.